The lowest BCUT2D eigenvalue weighted by atomic mass is 9.89. The average molecular weight is 361 g/mol. The number of hydrogen-bond donors (Lipinski definition) is 2. The Kier molecular flexibility index (Phi) is 6.38. The van der Waals surface area contributed by atoms with Crippen LogP contribution in [0.5, 0.6) is 5.75 Å². The summed E-state index contributed by atoms with van der Waals surface area (Å²) in [5.41, 5.74) is 1.28. The number of hydrogen-bond acceptors (Lipinski definition) is 4. The van der Waals surface area contributed by atoms with Crippen molar-refractivity contribution in [3.05, 3.63) is 29.8 Å². The predicted molar refractivity (Wildman–Crippen MR) is 105 cm³/mol. The molecule has 2 aliphatic heterocycles. The highest BCUT2D eigenvalue weighted by Gasteiger charge is 2.34. The first-order valence-corrected chi connectivity index (χ1v) is 9.66. The number of para-hydroxylation sites is 1. The first kappa shape index (κ1) is 19.0. The van der Waals surface area contributed by atoms with E-state index < -0.39 is 0 Å². The molecular weight excluding hydrogens is 328 g/mol. The summed E-state index contributed by atoms with van der Waals surface area (Å²) in [5, 5.41) is 7.02. The monoisotopic (exact) mass is 360 g/mol. The van der Waals surface area contributed by atoms with Crippen LogP contribution in [0.1, 0.15) is 37.8 Å². The molecule has 2 N–H and O–H groups in total. The summed E-state index contributed by atoms with van der Waals surface area (Å²) in [6.45, 7) is 6.06. The Morgan fingerprint density at radius 2 is 2.00 bits per heavy atom. The third kappa shape index (κ3) is 4.30. The van der Waals surface area contributed by atoms with Gasteiger partial charge < -0.3 is 25.0 Å². The maximum absolute atomic E-state index is 5.78. The van der Waals surface area contributed by atoms with Crippen molar-refractivity contribution in [2.75, 3.05) is 47.0 Å². The molecule has 0 amide bonds. The van der Waals surface area contributed by atoms with Gasteiger partial charge in [0.05, 0.1) is 19.2 Å². The standard InChI is InChI=1S/C20H32N4O2/c1-4-21-19(22-15-20(24(2)3)10-13-25-14-11-20)23-17-9-12-26-18-8-6-5-7-16(17)18/h5-8,17H,4,9-15H2,1-3H3,(H2,21,22,23). The molecule has 3 rings (SSSR count). The van der Waals surface area contributed by atoms with Gasteiger partial charge in [-0.2, -0.15) is 0 Å². The van der Waals surface area contributed by atoms with Crippen molar-refractivity contribution in [3.8, 4) is 5.75 Å². The van der Waals surface area contributed by atoms with Gasteiger partial charge in [-0.15, -0.1) is 0 Å². The van der Waals surface area contributed by atoms with Crippen molar-refractivity contribution in [1.29, 1.82) is 0 Å². The van der Waals surface area contributed by atoms with Crippen LogP contribution >= 0.6 is 0 Å². The molecule has 0 aliphatic carbocycles. The molecule has 2 aliphatic rings. The van der Waals surface area contributed by atoms with Crippen molar-refractivity contribution in [2.45, 2.75) is 37.8 Å². The first-order chi connectivity index (χ1) is 12.6. The molecule has 1 fully saturated rings. The summed E-state index contributed by atoms with van der Waals surface area (Å²) >= 11 is 0. The van der Waals surface area contributed by atoms with E-state index in [-0.39, 0.29) is 11.6 Å². The molecule has 26 heavy (non-hydrogen) atoms. The van der Waals surface area contributed by atoms with Crippen LogP contribution in [0, 0.1) is 0 Å². The quantitative estimate of drug-likeness (QED) is 0.623. The molecule has 0 aromatic heterocycles. The Morgan fingerprint density at radius 3 is 2.73 bits per heavy atom. The second-order valence-corrected chi connectivity index (χ2v) is 7.30. The molecule has 144 valence electrons. The van der Waals surface area contributed by atoms with Crippen molar-refractivity contribution >= 4 is 5.96 Å². The van der Waals surface area contributed by atoms with Gasteiger partial charge in [-0.05, 0) is 39.9 Å². The molecular formula is C20H32N4O2. The van der Waals surface area contributed by atoms with Crippen LogP contribution in [-0.2, 0) is 4.74 Å². The highest BCUT2D eigenvalue weighted by molar-refractivity contribution is 5.80. The number of nitrogens with one attached hydrogen (secondary N) is 2. The summed E-state index contributed by atoms with van der Waals surface area (Å²) < 4.78 is 11.3. The van der Waals surface area contributed by atoms with Gasteiger partial charge in [0.1, 0.15) is 5.75 Å². The predicted octanol–water partition coefficient (Wildman–Crippen LogP) is 2.18. The zero-order valence-corrected chi connectivity index (χ0v) is 16.3. The minimum absolute atomic E-state index is 0.0776. The maximum Gasteiger partial charge on any atom is 0.191 e. The number of rotatable bonds is 5. The Bertz CT molecular complexity index is 612. The zero-order chi connectivity index (χ0) is 18.4. The van der Waals surface area contributed by atoms with Crippen LogP contribution in [0.2, 0.25) is 0 Å². The second kappa shape index (κ2) is 8.73. The van der Waals surface area contributed by atoms with E-state index in [1.165, 1.54) is 5.56 Å². The summed E-state index contributed by atoms with van der Waals surface area (Å²) in [4.78, 5) is 7.27. The molecule has 1 aromatic carbocycles. The molecule has 1 aromatic rings. The van der Waals surface area contributed by atoms with E-state index in [9.17, 15) is 0 Å². The fourth-order valence-corrected chi connectivity index (χ4v) is 3.70. The van der Waals surface area contributed by atoms with Gasteiger partial charge >= 0.3 is 0 Å². The van der Waals surface area contributed by atoms with Crippen LogP contribution in [0.3, 0.4) is 0 Å². The molecule has 0 radical (unpaired) electrons. The molecule has 0 saturated carbocycles. The lowest BCUT2D eigenvalue weighted by Gasteiger charge is -2.41. The van der Waals surface area contributed by atoms with Crippen LogP contribution in [-0.4, -0.2) is 63.4 Å². The number of nitrogens with zero attached hydrogens (tertiary/aromatic N) is 2. The zero-order valence-electron chi connectivity index (χ0n) is 16.3. The normalized spacial score (nSPS) is 22.5. The molecule has 1 atom stereocenters. The number of aliphatic imine (C=N–C) groups is 1. The van der Waals surface area contributed by atoms with E-state index in [1.807, 2.05) is 12.1 Å². The molecule has 6 heteroatoms. The average Bonchev–Trinajstić information content (AvgIpc) is 2.67. The molecule has 1 unspecified atom stereocenters. The number of ether oxygens (including phenoxy) is 2. The van der Waals surface area contributed by atoms with Gasteiger partial charge in [0.15, 0.2) is 5.96 Å². The largest absolute Gasteiger partial charge is 0.493 e. The van der Waals surface area contributed by atoms with E-state index in [4.69, 9.17) is 14.5 Å². The summed E-state index contributed by atoms with van der Waals surface area (Å²) in [5.74, 6) is 1.85. The fraction of sp³-hybridized carbons (Fsp3) is 0.650. The minimum atomic E-state index is 0.0776. The fourth-order valence-electron chi connectivity index (χ4n) is 3.70. The summed E-state index contributed by atoms with van der Waals surface area (Å²) in [6, 6.07) is 8.48. The highest BCUT2D eigenvalue weighted by atomic mass is 16.5. The van der Waals surface area contributed by atoms with E-state index in [0.29, 0.717) is 0 Å². The van der Waals surface area contributed by atoms with E-state index in [0.717, 1.165) is 63.9 Å². The number of guanidine groups is 1. The lowest BCUT2D eigenvalue weighted by Crippen LogP contribution is -2.52. The van der Waals surface area contributed by atoms with E-state index >= 15 is 0 Å². The molecule has 6 nitrogen and oxygen atoms in total. The van der Waals surface area contributed by atoms with E-state index in [2.05, 4.69) is 48.7 Å². The molecule has 2 heterocycles. The van der Waals surface area contributed by atoms with Crippen molar-refractivity contribution in [2.24, 2.45) is 4.99 Å². The number of benzene rings is 1. The van der Waals surface area contributed by atoms with Gasteiger partial charge in [-0.3, -0.25) is 4.99 Å². The van der Waals surface area contributed by atoms with Crippen LogP contribution < -0.4 is 15.4 Å². The molecule has 0 bridgehead atoms. The van der Waals surface area contributed by atoms with Gasteiger partial charge in [0, 0.05) is 37.3 Å². The third-order valence-corrected chi connectivity index (χ3v) is 5.52. The topological polar surface area (TPSA) is 58.1 Å². The van der Waals surface area contributed by atoms with Gasteiger partial charge in [0.25, 0.3) is 0 Å². The second-order valence-electron chi connectivity index (χ2n) is 7.30. The lowest BCUT2D eigenvalue weighted by molar-refractivity contribution is -0.00255. The van der Waals surface area contributed by atoms with Crippen LogP contribution in [0.15, 0.2) is 29.3 Å². The van der Waals surface area contributed by atoms with Crippen molar-refractivity contribution in [3.63, 3.8) is 0 Å². The maximum atomic E-state index is 5.78. The minimum Gasteiger partial charge on any atom is -0.493 e. The van der Waals surface area contributed by atoms with Crippen LogP contribution in [0.4, 0.5) is 0 Å². The summed E-state index contributed by atoms with van der Waals surface area (Å²) in [6.07, 6.45) is 2.97. The third-order valence-electron chi connectivity index (χ3n) is 5.52. The van der Waals surface area contributed by atoms with Gasteiger partial charge in [-0.25, -0.2) is 0 Å². The van der Waals surface area contributed by atoms with Crippen molar-refractivity contribution < 1.29 is 9.47 Å². The number of fused-ring (bicyclic) bond motifs is 1. The van der Waals surface area contributed by atoms with E-state index in [1.54, 1.807) is 0 Å². The van der Waals surface area contributed by atoms with Gasteiger partial charge in [0.2, 0.25) is 0 Å². The smallest absolute Gasteiger partial charge is 0.191 e. The summed E-state index contributed by atoms with van der Waals surface area (Å²) in [7, 11) is 4.30. The van der Waals surface area contributed by atoms with Crippen molar-refractivity contribution in [1.82, 2.24) is 15.5 Å². The Labute approximate surface area is 157 Å². The highest BCUT2D eigenvalue weighted by Crippen LogP contribution is 2.31. The first-order valence-electron chi connectivity index (χ1n) is 9.66. The Balaban J connectivity index is 1.74. The van der Waals surface area contributed by atoms with Gasteiger partial charge in [-0.1, -0.05) is 18.2 Å². The number of likely N-dealkylation sites (N-methyl/N-ethyl adjacent to an activating group) is 1. The van der Waals surface area contributed by atoms with Crippen LogP contribution in [0.25, 0.3) is 0 Å². The SMILES string of the molecule is CCNC(=NCC1(N(C)C)CCOCC1)NC1CCOc2ccccc21. The Morgan fingerprint density at radius 1 is 1.23 bits per heavy atom. The Hall–Kier alpha value is -1.79. The molecule has 1 saturated heterocycles. The molecule has 0 spiro atoms.